The predicted octanol–water partition coefficient (Wildman–Crippen LogP) is 9.15. The van der Waals surface area contributed by atoms with Crippen molar-refractivity contribution in [2.24, 2.45) is 0 Å². The van der Waals surface area contributed by atoms with E-state index in [1.54, 1.807) is 0 Å². The van der Waals surface area contributed by atoms with Gasteiger partial charge in [0.15, 0.2) is 0 Å². The van der Waals surface area contributed by atoms with Gasteiger partial charge < -0.3 is 4.74 Å². The number of para-hydroxylation sites is 1. The van der Waals surface area contributed by atoms with Crippen LogP contribution < -0.4 is 4.74 Å². The third-order valence-electron chi connectivity index (χ3n) is 5.90. The largest absolute Gasteiger partial charge is 0.426 e. The molecular formula is C28H48O2. The molecule has 0 spiro atoms. The van der Waals surface area contributed by atoms with Gasteiger partial charge in [0.2, 0.25) is 0 Å². The van der Waals surface area contributed by atoms with Crippen molar-refractivity contribution in [3.05, 3.63) is 29.8 Å². The monoisotopic (exact) mass is 416 g/mol. The molecular weight excluding hydrogens is 368 g/mol. The summed E-state index contributed by atoms with van der Waals surface area (Å²) in [5.41, 5.74) is 1.07. The van der Waals surface area contributed by atoms with Crippen LogP contribution in [0.2, 0.25) is 0 Å². The summed E-state index contributed by atoms with van der Waals surface area (Å²) < 4.78 is 5.65. The molecule has 0 amide bonds. The van der Waals surface area contributed by atoms with Crippen molar-refractivity contribution < 1.29 is 9.53 Å². The highest BCUT2D eigenvalue weighted by Crippen LogP contribution is 2.31. The summed E-state index contributed by atoms with van der Waals surface area (Å²) in [6.45, 7) is 8.72. The Balaban J connectivity index is 1.97. The molecule has 0 unspecified atom stereocenters. The summed E-state index contributed by atoms with van der Waals surface area (Å²) >= 11 is 0. The Labute approximate surface area is 187 Å². The normalized spacial score (nSPS) is 11.6. The number of carbonyl (C=O) groups is 1. The van der Waals surface area contributed by atoms with E-state index in [2.05, 4.69) is 33.8 Å². The smallest absolute Gasteiger partial charge is 0.311 e. The number of unbranched alkanes of at least 4 members (excludes halogenated alkanes) is 14. The zero-order valence-corrected chi connectivity index (χ0v) is 20.4. The molecule has 0 bridgehead atoms. The number of carbonyl (C=O) groups excluding carboxylic acids is 1. The van der Waals surface area contributed by atoms with Gasteiger partial charge in [-0.05, 0) is 17.9 Å². The van der Waals surface area contributed by atoms with Crippen molar-refractivity contribution in [2.75, 3.05) is 0 Å². The summed E-state index contributed by atoms with van der Waals surface area (Å²) in [4.78, 5) is 12.2. The second kappa shape index (κ2) is 16.4. The van der Waals surface area contributed by atoms with E-state index in [0.717, 1.165) is 24.2 Å². The Morgan fingerprint density at radius 3 is 1.60 bits per heavy atom. The lowest BCUT2D eigenvalue weighted by Gasteiger charge is -2.22. The molecule has 0 saturated carbocycles. The van der Waals surface area contributed by atoms with E-state index < -0.39 is 0 Å². The minimum absolute atomic E-state index is 0.0223. The van der Waals surface area contributed by atoms with Gasteiger partial charge in [-0.2, -0.15) is 0 Å². The molecule has 0 aliphatic carbocycles. The Hall–Kier alpha value is -1.31. The maximum atomic E-state index is 12.2. The Kier molecular flexibility index (Phi) is 14.6. The van der Waals surface area contributed by atoms with Gasteiger partial charge in [0.05, 0.1) is 0 Å². The number of rotatable bonds is 17. The molecule has 0 saturated heterocycles. The van der Waals surface area contributed by atoms with Crippen molar-refractivity contribution in [1.82, 2.24) is 0 Å². The van der Waals surface area contributed by atoms with Gasteiger partial charge in [0, 0.05) is 12.0 Å². The summed E-state index contributed by atoms with van der Waals surface area (Å²) in [6, 6.07) is 7.90. The van der Waals surface area contributed by atoms with Gasteiger partial charge in [-0.15, -0.1) is 0 Å². The fourth-order valence-corrected chi connectivity index (χ4v) is 3.99. The first kappa shape index (κ1) is 26.7. The van der Waals surface area contributed by atoms with Gasteiger partial charge in [0.1, 0.15) is 5.75 Å². The highest BCUT2D eigenvalue weighted by molar-refractivity contribution is 5.72. The summed E-state index contributed by atoms with van der Waals surface area (Å²) in [5.74, 6) is 0.623. The van der Waals surface area contributed by atoms with E-state index in [0.29, 0.717) is 6.42 Å². The van der Waals surface area contributed by atoms with Crippen molar-refractivity contribution in [1.29, 1.82) is 0 Å². The minimum Gasteiger partial charge on any atom is -0.426 e. The van der Waals surface area contributed by atoms with Crippen molar-refractivity contribution in [3.8, 4) is 5.75 Å². The molecule has 1 aromatic rings. The lowest BCUT2D eigenvalue weighted by Crippen LogP contribution is -2.16. The number of hydrogen-bond donors (Lipinski definition) is 0. The molecule has 0 aliphatic heterocycles. The lowest BCUT2D eigenvalue weighted by molar-refractivity contribution is -0.134. The average Bonchev–Trinajstić information content (AvgIpc) is 2.70. The molecule has 0 aliphatic rings. The van der Waals surface area contributed by atoms with E-state index in [1.807, 2.05) is 18.2 Å². The van der Waals surface area contributed by atoms with Crippen LogP contribution in [0.25, 0.3) is 0 Å². The Bertz CT molecular complexity index is 556. The van der Waals surface area contributed by atoms with E-state index in [9.17, 15) is 4.79 Å². The molecule has 1 aromatic carbocycles. The van der Waals surface area contributed by atoms with Gasteiger partial charge in [-0.3, -0.25) is 4.79 Å². The lowest BCUT2D eigenvalue weighted by atomic mass is 9.86. The van der Waals surface area contributed by atoms with Crippen LogP contribution in [0.1, 0.15) is 136 Å². The predicted molar refractivity (Wildman–Crippen MR) is 130 cm³/mol. The molecule has 1 rings (SSSR count). The molecule has 30 heavy (non-hydrogen) atoms. The van der Waals surface area contributed by atoms with Crippen molar-refractivity contribution >= 4 is 5.97 Å². The second-order valence-electron chi connectivity index (χ2n) is 9.92. The third kappa shape index (κ3) is 13.1. The molecule has 172 valence electrons. The van der Waals surface area contributed by atoms with Gasteiger partial charge >= 0.3 is 5.97 Å². The Morgan fingerprint density at radius 2 is 1.13 bits per heavy atom. The average molecular weight is 417 g/mol. The number of hydrogen-bond acceptors (Lipinski definition) is 2. The first-order valence-corrected chi connectivity index (χ1v) is 12.8. The molecule has 0 N–H and O–H groups in total. The highest BCUT2D eigenvalue weighted by Gasteiger charge is 2.19. The SMILES string of the molecule is CCCCCCCCCCCCCCCCCC(=O)Oc1ccccc1C(C)(C)C. The van der Waals surface area contributed by atoms with E-state index in [1.165, 1.54) is 83.5 Å². The standard InChI is InChI=1S/C28H48O2/c1-5-6-7-8-9-10-11-12-13-14-15-16-17-18-19-24-27(29)30-26-23-21-20-22-25(26)28(2,3)4/h20-23H,5-19,24H2,1-4H3. The van der Waals surface area contributed by atoms with Crippen LogP contribution in [0.5, 0.6) is 5.75 Å². The maximum Gasteiger partial charge on any atom is 0.311 e. The molecule has 2 heteroatoms. The van der Waals surface area contributed by atoms with Gasteiger partial charge in [0.25, 0.3) is 0 Å². The minimum atomic E-state index is -0.0959. The van der Waals surface area contributed by atoms with Gasteiger partial charge in [-0.1, -0.05) is 136 Å². The van der Waals surface area contributed by atoms with Crippen molar-refractivity contribution in [2.45, 2.75) is 136 Å². The number of ether oxygens (including phenoxy) is 1. The molecule has 0 radical (unpaired) electrons. The van der Waals surface area contributed by atoms with Crippen LogP contribution in [0.15, 0.2) is 24.3 Å². The van der Waals surface area contributed by atoms with E-state index in [-0.39, 0.29) is 11.4 Å². The zero-order valence-electron chi connectivity index (χ0n) is 20.4. The summed E-state index contributed by atoms with van der Waals surface area (Å²) in [7, 11) is 0. The fourth-order valence-electron chi connectivity index (χ4n) is 3.99. The van der Waals surface area contributed by atoms with Crippen molar-refractivity contribution in [3.63, 3.8) is 0 Å². The van der Waals surface area contributed by atoms with Crippen LogP contribution in [-0.2, 0) is 10.2 Å². The number of esters is 1. The third-order valence-corrected chi connectivity index (χ3v) is 5.90. The molecule has 0 atom stereocenters. The highest BCUT2D eigenvalue weighted by atomic mass is 16.5. The maximum absolute atomic E-state index is 12.2. The summed E-state index contributed by atoms with van der Waals surface area (Å²) in [5, 5.41) is 0. The molecule has 2 nitrogen and oxygen atoms in total. The second-order valence-corrected chi connectivity index (χ2v) is 9.92. The summed E-state index contributed by atoms with van der Waals surface area (Å²) in [6.07, 6.45) is 20.6. The van der Waals surface area contributed by atoms with Crippen LogP contribution in [0, 0.1) is 0 Å². The van der Waals surface area contributed by atoms with Crippen LogP contribution in [0.4, 0.5) is 0 Å². The Morgan fingerprint density at radius 1 is 0.700 bits per heavy atom. The van der Waals surface area contributed by atoms with Crippen LogP contribution in [-0.4, -0.2) is 5.97 Å². The molecule has 0 aromatic heterocycles. The van der Waals surface area contributed by atoms with E-state index >= 15 is 0 Å². The quantitative estimate of drug-likeness (QED) is 0.144. The zero-order chi connectivity index (χ0) is 22.1. The fraction of sp³-hybridized carbons (Fsp3) is 0.750. The molecule has 0 fully saturated rings. The van der Waals surface area contributed by atoms with Crippen LogP contribution >= 0.6 is 0 Å². The topological polar surface area (TPSA) is 26.3 Å². The van der Waals surface area contributed by atoms with Crippen LogP contribution in [0.3, 0.4) is 0 Å². The van der Waals surface area contributed by atoms with Gasteiger partial charge in [-0.25, -0.2) is 0 Å². The van der Waals surface area contributed by atoms with E-state index in [4.69, 9.17) is 4.74 Å². The molecule has 0 heterocycles. The first-order valence-electron chi connectivity index (χ1n) is 12.8. The number of benzene rings is 1. The first-order chi connectivity index (χ1) is 14.4.